The Hall–Kier alpha value is -2.51. The van der Waals surface area contributed by atoms with Gasteiger partial charge in [0.2, 0.25) is 10.0 Å². The van der Waals surface area contributed by atoms with E-state index >= 15 is 0 Å². The summed E-state index contributed by atoms with van der Waals surface area (Å²) in [6, 6.07) is 15.0. The molecule has 10 nitrogen and oxygen atoms in total. The number of sulfone groups is 1. The molecule has 224 valence electrons. The summed E-state index contributed by atoms with van der Waals surface area (Å²) in [7, 11) is -5.73. The van der Waals surface area contributed by atoms with E-state index in [-0.39, 0.29) is 30.4 Å². The minimum atomic E-state index is -3.86. The van der Waals surface area contributed by atoms with Crippen LogP contribution in [0.1, 0.15) is 37.8 Å². The Morgan fingerprint density at radius 1 is 0.950 bits per heavy atom. The summed E-state index contributed by atoms with van der Waals surface area (Å²) in [5.74, 6) is -0.593. The number of rotatable bonds is 18. The van der Waals surface area contributed by atoms with Gasteiger partial charge in [-0.1, -0.05) is 56.3 Å². The van der Waals surface area contributed by atoms with Crippen LogP contribution >= 0.6 is 0 Å². The summed E-state index contributed by atoms with van der Waals surface area (Å²) in [5.41, 5.74) is 8.40. The zero-order valence-corrected chi connectivity index (χ0v) is 25.3. The smallest absolute Gasteiger partial charge is 0.324 e. The molecule has 3 atom stereocenters. The largest absolute Gasteiger partial charge is 0.497 e. The number of nitrogens with one attached hydrogen (secondary N) is 2. The zero-order valence-electron chi connectivity index (χ0n) is 23.7. The van der Waals surface area contributed by atoms with Gasteiger partial charge in [0.25, 0.3) is 0 Å². The molecule has 2 aromatic rings. The third-order valence-corrected chi connectivity index (χ3v) is 8.61. The molecule has 12 heteroatoms. The van der Waals surface area contributed by atoms with Crippen molar-refractivity contribution in [2.24, 2.45) is 11.7 Å². The molecule has 4 N–H and O–H groups in total. The topological polar surface area (TPSA) is 154 Å². The minimum absolute atomic E-state index is 0.133. The normalized spacial score (nSPS) is 14.4. The molecular weight excluding hydrogens is 554 g/mol. The minimum Gasteiger partial charge on any atom is -0.497 e. The van der Waals surface area contributed by atoms with E-state index in [9.17, 15) is 21.6 Å². The number of esters is 1. The maximum atomic E-state index is 13.3. The maximum Gasteiger partial charge on any atom is 0.324 e. The summed E-state index contributed by atoms with van der Waals surface area (Å²) < 4.78 is 62.5. The number of methoxy groups -OCH3 is 1. The van der Waals surface area contributed by atoms with Gasteiger partial charge in [-0.2, -0.15) is 0 Å². The molecule has 0 aliphatic rings. The van der Waals surface area contributed by atoms with Crippen molar-refractivity contribution >= 4 is 25.8 Å². The van der Waals surface area contributed by atoms with E-state index in [0.717, 1.165) is 17.4 Å². The lowest BCUT2D eigenvalue weighted by atomic mass is 10.0. The molecule has 0 aromatic heterocycles. The highest BCUT2D eigenvalue weighted by atomic mass is 32.2. The average molecular weight is 598 g/mol. The molecule has 0 unspecified atom stereocenters. The van der Waals surface area contributed by atoms with Crippen LogP contribution in [0.2, 0.25) is 0 Å². The standard InChI is InChI=1S/C28H43N3O7S2/c1-21(2)13-16-40(35,36)31-26(14-15-39(4,33)34)28(32)38-27(25(29)18-22-9-6-5-7-10-22)20-30-19-23-11-8-12-24(17-23)37-3/h5-12,17,21,25-27,30-31H,13-16,18-20,29H2,1-4H3/t25-,26-,27+/m0/s1. The summed E-state index contributed by atoms with van der Waals surface area (Å²) in [6.45, 7) is 4.42. The van der Waals surface area contributed by atoms with Crippen molar-refractivity contribution in [2.75, 3.05) is 31.4 Å². The van der Waals surface area contributed by atoms with Crippen molar-refractivity contribution in [1.29, 1.82) is 0 Å². The monoisotopic (exact) mass is 597 g/mol. The van der Waals surface area contributed by atoms with E-state index in [1.807, 2.05) is 68.4 Å². The first kappa shape index (κ1) is 33.7. The molecule has 0 fully saturated rings. The third-order valence-electron chi connectivity index (χ3n) is 6.22. The molecular formula is C28H43N3O7S2. The van der Waals surface area contributed by atoms with Crippen LogP contribution in [0.15, 0.2) is 54.6 Å². The molecule has 2 rings (SSSR count). The van der Waals surface area contributed by atoms with Gasteiger partial charge < -0.3 is 20.5 Å². The summed E-state index contributed by atoms with van der Waals surface area (Å²) >= 11 is 0. The number of carbonyl (C=O) groups is 1. The van der Waals surface area contributed by atoms with Gasteiger partial charge in [0.15, 0.2) is 0 Å². The van der Waals surface area contributed by atoms with Gasteiger partial charge in [-0.25, -0.2) is 21.6 Å². The highest BCUT2D eigenvalue weighted by Gasteiger charge is 2.31. The lowest BCUT2D eigenvalue weighted by molar-refractivity contribution is -0.152. The Kier molecular flexibility index (Phi) is 13.5. The van der Waals surface area contributed by atoms with Crippen molar-refractivity contribution in [3.8, 4) is 5.75 Å². The number of sulfonamides is 1. The van der Waals surface area contributed by atoms with Gasteiger partial charge in [-0.3, -0.25) is 4.79 Å². The second-order valence-corrected chi connectivity index (χ2v) is 14.5. The molecule has 0 spiro atoms. The van der Waals surface area contributed by atoms with Crippen LogP contribution in [-0.4, -0.2) is 72.4 Å². The first-order valence-electron chi connectivity index (χ1n) is 13.3. The molecule has 0 bridgehead atoms. The van der Waals surface area contributed by atoms with Crippen LogP contribution in [0.3, 0.4) is 0 Å². The molecule has 0 saturated heterocycles. The highest BCUT2D eigenvalue weighted by Crippen LogP contribution is 2.14. The fourth-order valence-corrected chi connectivity index (χ4v) is 6.10. The fourth-order valence-electron chi connectivity index (χ4n) is 3.89. The number of carbonyl (C=O) groups excluding carboxylic acids is 1. The molecule has 0 radical (unpaired) electrons. The van der Waals surface area contributed by atoms with Crippen LogP contribution in [0.4, 0.5) is 0 Å². The Balaban J connectivity index is 2.20. The average Bonchev–Trinajstić information content (AvgIpc) is 2.89. The molecule has 2 aromatic carbocycles. The van der Waals surface area contributed by atoms with E-state index in [1.54, 1.807) is 7.11 Å². The number of benzene rings is 2. The van der Waals surface area contributed by atoms with Gasteiger partial charge in [-0.05, 0) is 48.4 Å². The molecule has 0 saturated carbocycles. The first-order chi connectivity index (χ1) is 18.8. The van der Waals surface area contributed by atoms with E-state index in [1.165, 1.54) is 0 Å². The number of ether oxygens (including phenoxy) is 2. The quantitative estimate of drug-likeness (QED) is 0.219. The maximum absolute atomic E-state index is 13.3. The van der Waals surface area contributed by atoms with Crippen molar-refractivity contribution in [3.63, 3.8) is 0 Å². The molecule has 0 aliphatic carbocycles. The van der Waals surface area contributed by atoms with Gasteiger partial charge >= 0.3 is 5.97 Å². The lowest BCUT2D eigenvalue weighted by Gasteiger charge is -2.27. The van der Waals surface area contributed by atoms with Gasteiger partial charge in [0.1, 0.15) is 27.7 Å². The van der Waals surface area contributed by atoms with Crippen LogP contribution < -0.4 is 20.5 Å². The summed E-state index contributed by atoms with van der Waals surface area (Å²) in [5, 5.41) is 3.25. The Labute approximate surface area is 239 Å². The van der Waals surface area contributed by atoms with Gasteiger partial charge in [-0.15, -0.1) is 0 Å². The fraction of sp³-hybridized carbons (Fsp3) is 0.536. The molecule has 0 amide bonds. The highest BCUT2D eigenvalue weighted by molar-refractivity contribution is 7.90. The number of hydrogen-bond acceptors (Lipinski definition) is 9. The third kappa shape index (κ3) is 13.2. The second-order valence-electron chi connectivity index (χ2n) is 10.4. The predicted molar refractivity (Wildman–Crippen MR) is 157 cm³/mol. The van der Waals surface area contributed by atoms with E-state index in [4.69, 9.17) is 15.2 Å². The number of hydrogen-bond donors (Lipinski definition) is 3. The molecule has 0 aliphatic heterocycles. The van der Waals surface area contributed by atoms with Crippen molar-refractivity contribution in [1.82, 2.24) is 10.0 Å². The van der Waals surface area contributed by atoms with Gasteiger partial charge in [0.05, 0.1) is 18.6 Å². The van der Waals surface area contributed by atoms with Gasteiger partial charge in [0, 0.05) is 25.4 Å². The van der Waals surface area contributed by atoms with Crippen molar-refractivity contribution in [3.05, 3.63) is 65.7 Å². The SMILES string of the molecule is COc1cccc(CNC[C@@H](OC(=O)[C@H](CCS(C)(=O)=O)NS(=O)(=O)CCC(C)C)[C@@H](N)Cc2ccccc2)c1. The lowest BCUT2D eigenvalue weighted by Crippen LogP contribution is -2.50. The molecule has 40 heavy (non-hydrogen) atoms. The summed E-state index contributed by atoms with van der Waals surface area (Å²) in [4.78, 5) is 13.3. The summed E-state index contributed by atoms with van der Waals surface area (Å²) in [6.07, 6.45) is 0.759. The Morgan fingerprint density at radius 2 is 1.62 bits per heavy atom. The molecule has 0 heterocycles. The van der Waals surface area contributed by atoms with E-state index in [2.05, 4.69) is 10.0 Å². The van der Waals surface area contributed by atoms with E-state index in [0.29, 0.717) is 25.1 Å². The second kappa shape index (κ2) is 16.1. The van der Waals surface area contributed by atoms with Crippen molar-refractivity contribution < 1.29 is 31.1 Å². The van der Waals surface area contributed by atoms with Crippen LogP contribution in [0.5, 0.6) is 5.75 Å². The number of nitrogens with two attached hydrogens (primary N) is 1. The zero-order chi connectivity index (χ0) is 29.8. The van der Waals surface area contributed by atoms with Crippen molar-refractivity contribution in [2.45, 2.75) is 57.8 Å². The van der Waals surface area contributed by atoms with Crippen LogP contribution in [0, 0.1) is 5.92 Å². The first-order valence-corrected chi connectivity index (χ1v) is 17.0. The Bertz CT molecular complexity index is 1270. The van der Waals surface area contributed by atoms with E-state index < -0.39 is 44.0 Å². The van der Waals surface area contributed by atoms with Crippen LogP contribution in [-0.2, 0) is 42.4 Å². The predicted octanol–water partition coefficient (Wildman–Crippen LogP) is 2.04. The van der Waals surface area contributed by atoms with Crippen LogP contribution in [0.25, 0.3) is 0 Å². The Morgan fingerprint density at radius 3 is 2.25 bits per heavy atom.